The SMILES string of the molecule is C=CCNC1(C(=O)O)CCCC(CC)C1. The molecule has 0 saturated heterocycles. The number of nitrogens with one attached hydrogen (secondary N) is 1. The molecule has 2 atom stereocenters. The Balaban J connectivity index is 2.70. The number of carbonyl (C=O) groups is 1. The largest absolute Gasteiger partial charge is 0.480 e. The summed E-state index contributed by atoms with van der Waals surface area (Å²) in [4.78, 5) is 11.3. The van der Waals surface area contributed by atoms with Crippen LogP contribution in [0.2, 0.25) is 0 Å². The molecule has 0 aliphatic heterocycles. The van der Waals surface area contributed by atoms with E-state index in [0.717, 1.165) is 25.7 Å². The Morgan fingerprint density at radius 1 is 1.73 bits per heavy atom. The first-order valence-corrected chi connectivity index (χ1v) is 5.74. The van der Waals surface area contributed by atoms with E-state index in [0.29, 0.717) is 12.5 Å². The van der Waals surface area contributed by atoms with E-state index in [9.17, 15) is 9.90 Å². The van der Waals surface area contributed by atoms with Gasteiger partial charge in [-0.25, -0.2) is 0 Å². The van der Waals surface area contributed by atoms with Crippen molar-refractivity contribution >= 4 is 5.97 Å². The van der Waals surface area contributed by atoms with Crippen LogP contribution in [0.3, 0.4) is 0 Å². The zero-order chi connectivity index (χ0) is 11.3. The Bertz CT molecular complexity index is 240. The van der Waals surface area contributed by atoms with Crippen LogP contribution in [0.5, 0.6) is 0 Å². The Labute approximate surface area is 91.6 Å². The first-order chi connectivity index (χ1) is 7.14. The van der Waals surface area contributed by atoms with Crippen molar-refractivity contribution in [2.24, 2.45) is 5.92 Å². The maximum atomic E-state index is 11.3. The summed E-state index contributed by atoms with van der Waals surface area (Å²) in [6, 6.07) is 0. The number of hydrogen-bond donors (Lipinski definition) is 2. The number of aliphatic carboxylic acids is 1. The van der Waals surface area contributed by atoms with Crippen LogP contribution in [0.25, 0.3) is 0 Å². The first kappa shape index (κ1) is 12.2. The molecule has 2 N–H and O–H groups in total. The summed E-state index contributed by atoms with van der Waals surface area (Å²) in [5, 5.41) is 12.5. The molecule has 86 valence electrons. The molecule has 0 aromatic carbocycles. The third-order valence-corrected chi connectivity index (χ3v) is 3.42. The van der Waals surface area contributed by atoms with Crippen LogP contribution in [0.4, 0.5) is 0 Å². The Kier molecular flexibility index (Phi) is 4.33. The lowest BCUT2D eigenvalue weighted by Gasteiger charge is -2.38. The van der Waals surface area contributed by atoms with Crippen molar-refractivity contribution in [1.82, 2.24) is 5.32 Å². The highest BCUT2D eigenvalue weighted by atomic mass is 16.4. The van der Waals surface area contributed by atoms with Crippen LogP contribution in [0, 0.1) is 5.92 Å². The van der Waals surface area contributed by atoms with Gasteiger partial charge in [-0.15, -0.1) is 6.58 Å². The molecule has 1 saturated carbocycles. The maximum Gasteiger partial charge on any atom is 0.323 e. The second-order valence-corrected chi connectivity index (χ2v) is 4.43. The molecule has 0 spiro atoms. The lowest BCUT2D eigenvalue weighted by atomic mass is 9.74. The van der Waals surface area contributed by atoms with Crippen LogP contribution >= 0.6 is 0 Å². The van der Waals surface area contributed by atoms with Gasteiger partial charge < -0.3 is 5.11 Å². The van der Waals surface area contributed by atoms with Crippen molar-refractivity contribution in [2.75, 3.05) is 6.54 Å². The normalized spacial score (nSPS) is 31.1. The molecule has 3 nitrogen and oxygen atoms in total. The van der Waals surface area contributed by atoms with Crippen molar-refractivity contribution in [2.45, 2.75) is 44.6 Å². The van der Waals surface area contributed by atoms with Gasteiger partial charge in [-0.1, -0.05) is 32.3 Å². The minimum absolute atomic E-state index is 0.548. The van der Waals surface area contributed by atoms with E-state index in [1.165, 1.54) is 6.42 Å². The smallest absolute Gasteiger partial charge is 0.323 e. The Hall–Kier alpha value is -0.830. The summed E-state index contributed by atoms with van der Waals surface area (Å²) in [5.41, 5.74) is -0.701. The van der Waals surface area contributed by atoms with Gasteiger partial charge >= 0.3 is 5.97 Å². The monoisotopic (exact) mass is 211 g/mol. The number of rotatable bonds is 5. The second kappa shape index (κ2) is 5.31. The van der Waals surface area contributed by atoms with E-state index < -0.39 is 11.5 Å². The molecule has 1 fully saturated rings. The van der Waals surface area contributed by atoms with Crippen LogP contribution in [-0.2, 0) is 4.79 Å². The first-order valence-electron chi connectivity index (χ1n) is 5.74. The summed E-state index contributed by atoms with van der Waals surface area (Å²) in [6.45, 7) is 6.33. The predicted molar refractivity (Wildman–Crippen MR) is 60.8 cm³/mol. The van der Waals surface area contributed by atoms with Crippen molar-refractivity contribution < 1.29 is 9.90 Å². The van der Waals surface area contributed by atoms with E-state index >= 15 is 0 Å². The molecular weight excluding hydrogens is 190 g/mol. The van der Waals surface area contributed by atoms with E-state index in [1.807, 2.05) is 0 Å². The van der Waals surface area contributed by atoms with Gasteiger partial charge in [-0.05, 0) is 18.8 Å². The molecule has 15 heavy (non-hydrogen) atoms. The molecule has 1 aliphatic rings. The standard InChI is InChI=1S/C12H21NO2/c1-3-8-13-12(11(14)15)7-5-6-10(4-2)9-12/h3,10,13H,1,4-9H2,2H3,(H,14,15). The van der Waals surface area contributed by atoms with Gasteiger partial charge in [0.05, 0.1) is 0 Å². The molecule has 3 heteroatoms. The maximum absolute atomic E-state index is 11.3. The van der Waals surface area contributed by atoms with E-state index in [-0.39, 0.29) is 0 Å². The lowest BCUT2D eigenvalue weighted by molar-refractivity contribution is -0.147. The number of hydrogen-bond acceptors (Lipinski definition) is 2. The average Bonchev–Trinajstić information content (AvgIpc) is 2.26. The topological polar surface area (TPSA) is 49.3 Å². The molecule has 0 radical (unpaired) electrons. The lowest BCUT2D eigenvalue weighted by Crippen LogP contribution is -2.54. The second-order valence-electron chi connectivity index (χ2n) is 4.43. The van der Waals surface area contributed by atoms with Crippen LogP contribution < -0.4 is 5.32 Å². The summed E-state index contributed by atoms with van der Waals surface area (Å²) >= 11 is 0. The molecule has 2 unspecified atom stereocenters. The zero-order valence-corrected chi connectivity index (χ0v) is 9.46. The summed E-state index contributed by atoms with van der Waals surface area (Å²) in [7, 11) is 0. The van der Waals surface area contributed by atoms with Gasteiger partial charge in [0.15, 0.2) is 0 Å². The molecule has 1 rings (SSSR count). The highest BCUT2D eigenvalue weighted by Crippen LogP contribution is 2.34. The molecule has 1 aliphatic carbocycles. The predicted octanol–water partition coefficient (Wildman–Crippen LogP) is 2.19. The van der Waals surface area contributed by atoms with Crippen molar-refractivity contribution in [1.29, 1.82) is 0 Å². The minimum Gasteiger partial charge on any atom is -0.480 e. The Morgan fingerprint density at radius 2 is 2.47 bits per heavy atom. The molecule has 0 heterocycles. The van der Waals surface area contributed by atoms with Gasteiger partial charge in [-0.2, -0.15) is 0 Å². The number of carboxylic acid groups (broad SMARTS) is 1. The fourth-order valence-corrected chi connectivity index (χ4v) is 2.44. The van der Waals surface area contributed by atoms with Gasteiger partial charge in [0, 0.05) is 6.54 Å². The van der Waals surface area contributed by atoms with Crippen LogP contribution in [-0.4, -0.2) is 23.2 Å². The minimum atomic E-state index is -0.706. The average molecular weight is 211 g/mol. The molecular formula is C12H21NO2. The van der Waals surface area contributed by atoms with E-state index in [4.69, 9.17) is 0 Å². The third kappa shape index (κ3) is 2.81. The molecule has 0 amide bonds. The zero-order valence-electron chi connectivity index (χ0n) is 9.46. The molecule has 0 aromatic rings. The summed E-state index contributed by atoms with van der Waals surface area (Å²) in [6.07, 6.45) is 6.47. The van der Waals surface area contributed by atoms with Gasteiger partial charge in [-0.3, -0.25) is 10.1 Å². The van der Waals surface area contributed by atoms with Crippen LogP contribution in [0.15, 0.2) is 12.7 Å². The highest BCUT2D eigenvalue weighted by molar-refractivity contribution is 5.79. The summed E-state index contributed by atoms with van der Waals surface area (Å²) in [5.74, 6) is -0.158. The fraction of sp³-hybridized carbons (Fsp3) is 0.750. The van der Waals surface area contributed by atoms with Gasteiger partial charge in [0.2, 0.25) is 0 Å². The van der Waals surface area contributed by atoms with Crippen molar-refractivity contribution in [3.63, 3.8) is 0 Å². The van der Waals surface area contributed by atoms with Crippen molar-refractivity contribution in [3.05, 3.63) is 12.7 Å². The fourth-order valence-electron chi connectivity index (χ4n) is 2.44. The molecule has 0 aromatic heterocycles. The Morgan fingerprint density at radius 3 is 3.00 bits per heavy atom. The van der Waals surface area contributed by atoms with Crippen LogP contribution in [0.1, 0.15) is 39.0 Å². The number of carboxylic acids is 1. The third-order valence-electron chi connectivity index (χ3n) is 3.42. The van der Waals surface area contributed by atoms with E-state index in [2.05, 4.69) is 18.8 Å². The van der Waals surface area contributed by atoms with Gasteiger partial charge in [0.25, 0.3) is 0 Å². The quantitative estimate of drug-likeness (QED) is 0.685. The van der Waals surface area contributed by atoms with E-state index in [1.54, 1.807) is 6.08 Å². The summed E-state index contributed by atoms with van der Waals surface area (Å²) < 4.78 is 0. The molecule has 0 bridgehead atoms. The highest BCUT2D eigenvalue weighted by Gasteiger charge is 2.41. The van der Waals surface area contributed by atoms with Crippen molar-refractivity contribution in [3.8, 4) is 0 Å². The van der Waals surface area contributed by atoms with Gasteiger partial charge in [0.1, 0.15) is 5.54 Å².